The molecule has 0 unspecified atom stereocenters. The van der Waals surface area contributed by atoms with Gasteiger partial charge < -0.3 is 9.47 Å². The lowest BCUT2D eigenvalue weighted by Crippen LogP contribution is -2.23. The first-order chi connectivity index (χ1) is 7.85. The Balaban J connectivity index is 3.43. The summed E-state index contributed by atoms with van der Waals surface area (Å²) in [6, 6.07) is 0. The highest BCUT2D eigenvalue weighted by atomic mass is 16.6. The zero-order chi connectivity index (χ0) is 13.3. The fraction of sp³-hybridized carbons (Fsp3) is 0.692. The van der Waals surface area contributed by atoms with E-state index in [2.05, 4.69) is 6.58 Å². The first-order valence-electron chi connectivity index (χ1n) is 5.86. The van der Waals surface area contributed by atoms with Crippen molar-refractivity contribution in [1.29, 1.82) is 0 Å². The summed E-state index contributed by atoms with van der Waals surface area (Å²) in [5.41, 5.74) is -0.420. The topological polar surface area (TPSA) is 52.6 Å². The SMILES string of the molecule is C=CC(=O)OCCCCCC(=O)OC(C)(C)C. The Hall–Kier alpha value is -1.32. The van der Waals surface area contributed by atoms with E-state index in [9.17, 15) is 9.59 Å². The molecule has 0 spiro atoms. The van der Waals surface area contributed by atoms with Gasteiger partial charge in [-0.3, -0.25) is 4.79 Å². The van der Waals surface area contributed by atoms with E-state index in [4.69, 9.17) is 9.47 Å². The van der Waals surface area contributed by atoms with Crippen LogP contribution in [0, 0.1) is 0 Å². The van der Waals surface area contributed by atoms with Crippen LogP contribution < -0.4 is 0 Å². The van der Waals surface area contributed by atoms with Crippen LogP contribution in [-0.2, 0) is 19.1 Å². The molecule has 0 radical (unpaired) electrons. The van der Waals surface area contributed by atoms with E-state index in [-0.39, 0.29) is 5.97 Å². The Morgan fingerprint density at radius 3 is 2.35 bits per heavy atom. The molecule has 0 saturated carbocycles. The number of ether oxygens (including phenoxy) is 2. The highest BCUT2D eigenvalue weighted by molar-refractivity contribution is 5.81. The molecule has 0 saturated heterocycles. The maximum absolute atomic E-state index is 11.3. The van der Waals surface area contributed by atoms with Crippen molar-refractivity contribution >= 4 is 11.9 Å². The molecule has 0 aromatic carbocycles. The third kappa shape index (κ3) is 11.0. The summed E-state index contributed by atoms with van der Waals surface area (Å²) in [7, 11) is 0. The quantitative estimate of drug-likeness (QED) is 0.391. The maximum Gasteiger partial charge on any atom is 0.330 e. The number of hydrogen-bond donors (Lipinski definition) is 0. The smallest absolute Gasteiger partial charge is 0.330 e. The summed E-state index contributed by atoms with van der Waals surface area (Å²) >= 11 is 0. The van der Waals surface area contributed by atoms with Crippen molar-refractivity contribution in [2.45, 2.75) is 52.1 Å². The molecule has 17 heavy (non-hydrogen) atoms. The summed E-state index contributed by atoms with van der Waals surface area (Å²) in [6.45, 7) is 9.21. The zero-order valence-electron chi connectivity index (χ0n) is 11.0. The lowest BCUT2D eigenvalue weighted by molar-refractivity contribution is -0.155. The van der Waals surface area contributed by atoms with Crippen LogP contribution in [0.25, 0.3) is 0 Å². The predicted octanol–water partition coefficient (Wildman–Crippen LogP) is 2.62. The minimum absolute atomic E-state index is 0.180. The molecule has 0 amide bonds. The Morgan fingerprint density at radius 2 is 1.82 bits per heavy atom. The average molecular weight is 242 g/mol. The number of rotatable bonds is 7. The van der Waals surface area contributed by atoms with E-state index in [0.717, 1.165) is 25.3 Å². The molecule has 0 aromatic heterocycles. The van der Waals surface area contributed by atoms with Gasteiger partial charge in [0.15, 0.2) is 0 Å². The minimum Gasteiger partial charge on any atom is -0.463 e. The summed E-state index contributed by atoms with van der Waals surface area (Å²) in [4.78, 5) is 22.0. The van der Waals surface area contributed by atoms with E-state index in [0.29, 0.717) is 13.0 Å². The molecule has 0 bridgehead atoms. The van der Waals surface area contributed by atoms with Crippen molar-refractivity contribution in [2.75, 3.05) is 6.61 Å². The number of esters is 2. The molecule has 0 rings (SSSR count). The predicted molar refractivity (Wildman–Crippen MR) is 65.5 cm³/mol. The monoisotopic (exact) mass is 242 g/mol. The highest BCUT2D eigenvalue weighted by Gasteiger charge is 2.15. The van der Waals surface area contributed by atoms with Gasteiger partial charge in [0.2, 0.25) is 0 Å². The van der Waals surface area contributed by atoms with Crippen molar-refractivity contribution in [3.63, 3.8) is 0 Å². The second-order valence-corrected chi connectivity index (χ2v) is 4.77. The van der Waals surface area contributed by atoms with Crippen molar-refractivity contribution in [3.05, 3.63) is 12.7 Å². The Bertz CT molecular complexity index is 263. The van der Waals surface area contributed by atoms with Crippen LogP contribution in [0.15, 0.2) is 12.7 Å². The average Bonchev–Trinajstić information content (AvgIpc) is 2.20. The molecular weight excluding hydrogens is 220 g/mol. The molecule has 0 aliphatic carbocycles. The fourth-order valence-electron chi connectivity index (χ4n) is 1.17. The van der Waals surface area contributed by atoms with Crippen LogP contribution in [0.2, 0.25) is 0 Å². The van der Waals surface area contributed by atoms with Crippen LogP contribution >= 0.6 is 0 Å². The van der Waals surface area contributed by atoms with Crippen LogP contribution in [0.5, 0.6) is 0 Å². The van der Waals surface area contributed by atoms with E-state index < -0.39 is 11.6 Å². The van der Waals surface area contributed by atoms with Gasteiger partial charge in [0.25, 0.3) is 0 Å². The van der Waals surface area contributed by atoms with E-state index in [1.807, 2.05) is 20.8 Å². The highest BCUT2D eigenvalue weighted by Crippen LogP contribution is 2.10. The lowest BCUT2D eigenvalue weighted by atomic mass is 10.1. The molecule has 0 atom stereocenters. The fourth-order valence-corrected chi connectivity index (χ4v) is 1.17. The molecule has 4 nitrogen and oxygen atoms in total. The Morgan fingerprint density at radius 1 is 1.18 bits per heavy atom. The number of carbonyl (C=O) groups is 2. The molecule has 4 heteroatoms. The van der Waals surface area contributed by atoms with Gasteiger partial charge in [-0.15, -0.1) is 0 Å². The minimum atomic E-state index is -0.420. The normalized spacial score (nSPS) is 10.8. The number of hydrogen-bond acceptors (Lipinski definition) is 4. The van der Waals surface area contributed by atoms with Gasteiger partial charge in [0, 0.05) is 12.5 Å². The van der Waals surface area contributed by atoms with E-state index in [1.165, 1.54) is 0 Å². The Labute approximate surface area is 103 Å². The molecular formula is C13H22O4. The molecule has 0 fully saturated rings. The first-order valence-corrected chi connectivity index (χ1v) is 5.86. The summed E-state index contributed by atoms with van der Waals surface area (Å²) in [6.07, 6.45) is 3.89. The second kappa shape index (κ2) is 7.87. The van der Waals surface area contributed by atoms with E-state index in [1.54, 1.807) is 0 Å². The molecule has 0 heterocycles. The summed E-state index contributed by atoms with van der Waals surface area (Å²) in [5, 5.41) is 0. The lowest BCUT2D eigenvalue weighted by Gasteiger charge is -2.19. The number of carbonyl (C=O) groups excluding carboxylic acids is 2. The van der Waals surface area contributed by atoms with Gasteiger partial charge in [0.1, 0.15) is 5.60 Å². The standard InChI is InChI=1S/C13H22O4/c1-5-11(14)16-10-8-6-7-9-12(15)17-13(2,3)4/h5H,1,6-10H2,2-4H3. The van der Waals surface area contributed by atoms with Crippen LogP contribution in [-0.4, -0.2) is 24.1 Å². The molecule has 0 aliphatic rings. The van der Waals surface area contributed by atoms with Gasteiger partial charge in [-0.05, 0) is 40.0 Å². The second-order valence-electron chi connectivity index (χ2n) is 4.77. The summed E-state index contributed by atoms with van der Waals surface area (Å²) < 4.78 is 9.97. The van der Waals surface area contributed by atoms with Crippen LogP contribution in [0.4, 0.5) is 0 Å². The molecule has 0 aliphatic heterocycles. The number of unbranched alkanes of at least 4 members (excludes halogenated alkanes) is 2. The third-order valence-electron chi connectivity index (χ3n) is 1.86. The molecule has 0 aromatic rings. The molecule has 0 N–H and O–H groups in total. The first kappa shape index (κ1) is 15.7. The van der Waals surface area contributed by atoms with Crippen LogP contribution in [0.1, 0.15) is 46.5 Å². The summed E-state index contributed by atoms with van der Waals surface area (Å²) in [5.74, 6) is -0.585. The van der Waals surface area contributed by atoms with Crippen molar-refractivity contribution in [1.82, 2.24) is 0 Å². The van der Waals surface area contributed by atoms with Gasteiger partial charge in [-0.25, -0.2) is 4.79 Å². The van der Waals surface area contributed by atoms with Crippen molar-refractivity contribution in [3.8, 4) is 0 Å². The Kier molecular flexibility index (Phi) is 7.26. The van der Waals surface area contributed by atoms with Crippen LogP contribution in [0.3, 0.4) is 0 Å². The molecule has 98 valence electrons. The van der Waals surface area contributed by atoms with Gasteiger partial charge in [-0.2, -0.15) is 0 Å². The van der Waals surface area contributed by atoms with Crippen molar-refractivity contribution in [2.24, 2.45) is 0 Å². The largest absolute Gasteiger partial charge is 0.463 e. The van der Waals surface area contributed by atoms with Gasteiger partial charge in [-0.1, -0.05) is 6.58 Å². The van der Waals surface area contributed by atoms with Gasteiger partial charge in [0.05, 0.1) is 6.61 Å². The maximum atomic E-state index is 11.3. The van der Waals surface area contributed by atoms with Crippen molar-refractivity contribution < 1.29 is 19.1 Å². The third-order valence-corrected chi connectivity index (χ3v) is 1.86. The van der Waals surface area contributed by atoms with Gasteiger partial charge >= 0.3 is 11.9 Å². The van der Waals surface area contributed by atoms with E-state index >= 15 is 0 Å². The zero-order valence-corrected chi connectivity index (χ0v) is 11.0.